The van der Waals surface area contributed by atoms with Gasteiger partial charge in [-0.15, -0.1) is 0 Å². The number of hydrogen-bond acceptors (Lipinski definition) is 2. The molecule has 1 aromatic rings. The van der Waals surface area contributed by atoms with Gasteiger partial charge in [0.2, 0.25) is 0 Å². The summed E-state index contributed by atoms with van der Waals surface area (Å²) in [5.41, 5.74) is 1.85. The van der Waals surface area contributed by atoms with E-state index < -0.39 is 0 Å². The van der Waals surface area contributed by atoms with E-state index in [1.807, 2.05) is 6.92 Å². The van der Waals surface area contributed by atoms with Gasteiger partial charge in [-0.2, -0.15) is 0 Å². The smallest absolute Gasteiger partial charge is 0.105 e. The number of rotatable bonds is 3. The Balaban J connectivity index is 1.95. The average Bonchev–Trinajstić information content (AvgIpc) is 2.55. The second kappa shape index (κ2) is 5.70. The molecular weight excluding hydrogens is 234 g/mol. The fourth-order valence-corrected chi connectivity index (χ4v) is 3.35. The molecule has 2 heteroatoms. The first-order valence-electron chi connectivity index (χ1n) is 7.70. The quantitative estimate of drug-likeness (QED) is 0.784. The second-order valence-electron chi connectivity index (χ2n) is 7.05. The minimum atomic E-state index is 0.392. The van der Waals surface area contributed by atoms with Gasteiger partial charge in [-0.25, -0.2) is 0 Å². The molecule has 1 aliphatic rings. The van der Waals surface area contributed by atoms with Gasteiger partial charge in [0.15, 0.2) is 0 Å². The molecule has 0 bridgehead atoms. The molecule has 0 saturated heterocycles. The summed E-state index contributed by atoms with van der Waals surface area (Å²) in [6.45, 7) is 11.2. The fourth-order valence-electron chi connectivity index (χ4n) is 3.35. The summed E-state index contributed by atoms with van der Waals surface area (Å²) in [7, 11) is 0. The van der Waals surface area contributed by atoms with Gasteiger partial charge in [-0.05, 0) is 57.9 Å². The van der Waals surface area contributed by atoms with Crippen LogP contribution in [0.25, 0.3) is 0 Å². The number of hydrogen-bond donors (Lipinski definition) is 1. The summed E-state index contributed by atoms with van der Waals surface area (Å²) in [6, 6.07) is 3.23. The van der Waals surface area contributed by atoms with E-state index in [2.05, 4.69) is 39.1 Å². The number of furan rings is 1. The summed E-state index contributed by atoms with van der Waals surface area (Å²) in [6.07, 6.45) is 6.65. The van der Waals surface area contributed by atoms with Crippen LogP contribution in [0.1, 0.15) is 76.0 Å². The number of nitrogens with one attached hydrogen (secondary N) is 1. The molecule has 2 nitrogen and oxygen atoms in total. The Bertz CT molecular complexity index is 419. The van der Waals surface area contributed by atoms with Crippen LogP contribution in [0, 0.1) is 19.3 Å². The summed E-state index contributed by atoms with van der Waals surface area (Å²) >= 11 is 0. The molecule has 19 heavy (non-hydrogen) atoms. The van der Waals surface area contributed by atoms with Crippen LogP contribution in [-0.2, 0) is 0 Å². The van der Waals surface area contributed by atoms with Crippen molar-refractivity contribution in [2.24, 2.45) is 5.41 Å². The molecule has 0 aromatic carbocycles. The van der Waals surface area contributed by atoms with Crippen LogP contribution in [0.2, 0.25) is 0 Å². The van der Waals surface area contributed by atoms with Crippen molar-refractivity contribution in [1.29, 1.82) is 0 Å². The zero-order valence-electron chi connectivity index (χ0n) is 13.2. The first kappa shape index (κ1) is 14.6. The van der Waals surface area contributed by atoms with Crippen LogP contribution >= 0.6 is 0 Å². The van der Waals surface area contributed by atoms with E-state index in [0.717, 1.165) is 11.5 Å². The van der Waals surface area contributed by atoms with Crippen LogP contribution in [0.15, 0.2) is 10.5 Å². The molecule has 1 saturated carbocycles. The van der Waals surface area contributed by atoms with Crippen molar-refractivity contribution in [3.8, 4) is 0 Å². The highest BCUT2D eigenvalue weighted by atomic mass is 16.3. The molecule has 0 amide bonds. The monoisotopic (exact) mass is 263 g/mol. The van der Waals surface area contributed by atoms with Gasteiger partial charge in [0, 0.05) is 17.6 Å². The lowest BCUT2D eigenvalue weighted by molar-refractivity contribution is 0.307. The SMILES string of the molecule is Cc1cc(C(C)NC2CCCC(C)(C)CC2)c(C)o1. The van der Waals surface area contributed by atoms with E-state index in [-0.39, 0.29) is 0 Å². The zero-order valence-corrected chi connectivity index (χ0v) is 13.2. The van der Waals surface area contributed by atoms with Gasteiger partial charge in [-0.3, -0.25) is 0 Å². The lowest BCUT2D eigenvalue weighted by Gasteiger charge is -2.24. The third-order valence-corrected chi connectivity index (χ3v) is 4.61. The normalized spacial score (nSPS) is 25.0. The maximum absolute atomic E-state index is 5.64. The zero-order chi connectivity index (χ0) is 14.0. The molecule has 1 fully saturated rings. The Hall–Kier alpha value is -0.760. The van der Waals surface area contributed by atoms with Crippen molar-refractivity contribution in [3.63, 3.8) is 0 Å². The third kappa shape index (κ3) is 3.85. The van der Waals surface area contributed by atoms with Gasteiger partial charge in [-0.1, -0.05) is 20.3 Å². The topological polar surface area (TPSA) is 25.2 Å². The predicted molar refractivity (Wildman–Crippen MR) is 80.4 cm³/mol. The Labute approximate surface area is 118 Å². The van der Waals surface area contributed by atoms with Gasteiger partial charge in [0.25, 0.3) is 0 Å². The van der Waals surface area contributed by atoms with Crippen LogP contribution in [0.3, 0.4) is 0 Å². The standard InChI is InChI=1S/C17H29NO/c1-12-11-16(14(3)19-12)13(2)18-15-7-6-9-17(4,5)10-8-15/h11,13,15,18H,6-10H2,1-5H3. The Morgan fingerprint density at radius 2 is 2.00 bits per heavy atom. The molecule has 1 N–H and O–H groups in total. The summed E-state index contributed by atoms with van der Waals surface area (Å²) in [5.74, 6) is 2.08. The van der Waals surface area contributed by atoms with Gasteiger partial charge >= 0.3 is 0 Å². The molecule has 108 valence electrons. The lowest BCUT2D eigenvalue weighted by atomic mass is 9.85. The molecule has 2 rings (SSSR count). The molecule has 0 aliphatic heterocycles. The van der Waals surface area contributed by atoms with Crippen LogP contribution < -0.4 is 5.32 Å². The van der Waals surface area contributed by atoms with Crippen molar-refractivity contribution in [2.45, 2.75) is 78.8 Å². The fraction of sp³-hybridized carbons (Fsp3) is 0.765. The maximum atomic E-state index is 5.64. The first-order chi connectivity index (χ1) is 8.87. The van der Waals surface area contributed by atoms with E-state index >= 15 is 0 Å². The Morgan fingerprint density at radius 1 is 1.26 bits per heavy atom. The largest absolute Gasteiger partial charge is 0.466 e. The molecule has 0 radical (unpaired) electrons. The summed E-state index contributed by atoms with van der Waals surface area (Å²) in [4.78, 5) is 0. The highest BCUT2D eigenvalue weighted by Gasteiger charge is 2.25. The van der Waals surface area contributed by atoms with Crippen LogP contribution in [-0.4, -0.2) is 6.04 Å². The molecule has 1 aromatic heterocycles. The van der Waals surface area contributed by atoms with Crippen LogP contribution in [0.4, 0.5) is 0 Å². The predicted octanol–water partition coefficient (Wildman–Crippen LogP) is 4.91. The summed E-state index contributed by atoms with van der Waals surface area (Å²) in [5, 5.41) is 3.81. The average molecular weight is 263 g/mol. The van der Waals surface area contributed by atoms with Gasteiger partial charge in [0.05, 0.1) is 0 Å². The minimum Gasteiger partial charge on any atom is -0.466 e. The highest BCUT2D eigenvalue weighted by molar-refractivity contribution is 5.23. The van der Waals surface area contributed by atoms with Crippen molar-refractivity contribution >= 4 is 0 Å². The molecule has 1 aliphatic carbocycles. The number of aryl methyl sites for hydroxylation is 2. The van der Waals surface area contributed by atoms with Crippen LogP contribution in [0.5, 0.6) is 0 Å². The maximum Gasteiger partial charge on any atom is 0.105 e. The van der Waals surface area contributed by atoms with E-state index in [1.54, 1.807) is 0 Å². The minimum absolute atomic E-state index is 0.392. The summed E-state index contributed by atoms with van der Waals surface area (Å²) < 4.78 is 5.64. The van der Waals surface area contributed by atoms with Crippen molar-refractivity contribution < 1.29 is 4.42 Å². The molecule has 2 atom stereocenters. The van der Waals surface area contributed by atoms with Crippen molar-refractivity contribution in [3.05, 3.63) is 23.2 Å². The van der Waals surface area contributed by atoms with E-state index in [0.29, 0.717) is 17.5 Å². The van der Waals surface area contributed by atoms with Gasteiger partial charge < -0.3 is 9.73 Å². The third-order valence-electron chi connectivity index (χ3n) is 4.61. The second-order valence-corrected chi connectivity index (χ2v) is 7.05. The molecule has 1 heterocycles. The first-order valence-corrected chi connectivity index (χ1v) is 7.70. The lowest BCUT2D eigenvalue weighted by Crippen LogP contribution is -2.31. The van der Waals surface area contributed by atoms with Gasteiger partial charge in [0.1, 0.15) is 11.5 Å². The van der Waals surface area contributed by atoms with E-state index in [1.165, 1.54) is 37.7 Å². The van der Waals surface area contributed by atoms with E-state index in [4.69, 9.17) is 4.42 Å². The molecular formula is C17H29NO. The van der Waals surface area contributed by atoms with Crippen molar-refractivity contribution in [1.82, 2.24) is 5.32 Å². The Kier molecular flexibility index (Phi) is 4.39. The Morgan fingerprint density at radius 3 is 2.63 bits per heavy atom. The molecule has 0 spiro atoms. The van der Waals surface area contributed by atoms with E-state index in [9.17, 15) is 0 Å². The molecule has 2 unspecified atom stereocenters. The highest BCUT2D eigenvalue weighted by Crippen LogP contribution is 2.34. The van der Waals surface area contributed by atoms with Crippen molar-refractivity contribution in [2.75, 3.05) is 0 Å².